The van der Waals surface area contributed by atoms with Crippen molar-refractivity contribution in [3.05, 3.63) is 48.5 Å². The molecule has 0 radical (unpaired) electrons. The first-order chi connectivity index (χ1) is 12.6. The highest BCUT2D eigenvalue weighted by molar-refractivity contribution is 5.89. The van der Waals surface area contributed by atoms with Crippen LogP contribution in [0.4, 0.5) is 11.5 Å². The van der Waals surface area contributed by atoms with Crippen molar-refractivity contribution in [1.29, 1.82) is 0 Å². The number of hydrogen-bond donors (Lipinski definition) is 4. The molecule has 2 aromatic carbocycles. The molecule has 3 rings (SSSR count). The van der Waals surface area contributed by atoms with Crippen molar-refractivity contribution < 1.29 is 14.4 Å². The minimum Gasteiger partial charge on any atom is -0.507 e. The molecule has 3 aromatic rings. The van der Waals surface area contributed by atoms with Crippen LogP contribution in [-0.4, -0.2) is 29.3 Å². The fourth-order valence-electron chi connectivity index (χ4n) is 2.60. The Morgan fingerprint density at radius 1 is 1.19 bits per heavy atom. The van der Waals surface area contributed by atoms with Crippen molar-refractivity contribution >= 4 is 17.4 Å². The topological polar surface area (TPSA) is 113 Å². The van der Waals surface area contributed by atoms with Crippen LogP contribution in [0.2, 0.25) is 0 Å². The van der Waals surface area contributed by atoms with Crippen molar-refractivity contribution in [3.8, 4) is 28.2 Å². The Balaban J connectivity index is 1.89. The van der Waals surface area contributed by atoms with Gasteiger partial charge in [-0.15, -0.1) is 0 Å². The van der Waals surface area contributed by atoms with E-state index in [2.05, 4.69) is 15.8 Å². The zero-order chi connectivity index (χ0) is 18.5. The number of benzene rings is 2. The van der Waals surface area contributed by atoms with Gasteiger partial charge in [-0.1, -0.05) is 29.4 Å². The van der Waals surface area contributed by atoms with Gasteiger partial charge in [0.15, 0.2) is 11.6 Å². The first kappa shape index (κ1) is 17.5. The summed E-state index contributed by atoms with van der Waals surface area (Å²) in [5.74, 6) is 0.988. The molecule has 1 amide bonds. The predicted molar refractivity (Wildman–Crippen MR) is 101 cm³/mol. The number of nitrogens with two attached hydrogens (primary N) is 1. The van der Waals surface area contributed by atoms with E-state index in [0.717, 1.165) is 5.56 Å². The fourth-order valence-corrected chi connectivity index (χ4v) is 2.60. The van der Waals surface area contributed by atoms with Gasteiger partial charge in [0.05, 0.1) is 5.56 Å². The molecule has 0 bridgehead atoms. The van der Waals surface area contributed by atoms with E-state index in [-0.39, 0.29) is 11.7 Å². The number of rotatable bonds is 6. The number of amides is 1. The number of phenols is 1. The summed E-state index contributed by atoms with van der Waals surface area (Å²) in [7, 11) is 0. The van der Waals surface area contributed by atoms with E-state index in [9.17, 15) is 9.90 Å². The first-order valence-electron chi connectivity index (χ1n) is 8.19. The van der Waals surface area contributed by atoms with Gasteiger partial charge in [0.25, 0.3) is 0 Å². The third-order valence-electron chi connectivity index (χ3n) is 3.78. The Hall–Kier alpha value is -3.32. The number of nitrogens with zero attached hydrogens (tertiary/aromatic N) is 1. The van der Waals surface area contributed by atoms with Crippen LogP contribution < -0.4 is 16.4 Å². The molecule has 0 aliphatic rings. The molecule has 26 heavy (non-hydrogen) atoms. The number of aromatic hydroxyl groups is 1. The number of hydrogen-bond acceptors (Lipinski definition) is 6. The molecule has 1 heterocycles. The van der Waals surface area contributed by atoms with E-state index in [4.69, 9.17) is 10.3 Å². The second-order valence-electron chi connectivity index (χ2n) is 5.75. The lowest BCUT2D eigenvalue weighted by Gasteiger charge is -2.09. The molecule has 0 atom stereocenters. The summed E-state index contributed by atoms with van der Waals surface area (Å²) < 4.78 is 5.32. The SMILES string of the molecule is CC(=O)Nc1ccc(-c2cccc(-c3cc(NCCN)no3)c2O)cc1. The van der Waals surface area contributed by atoms with Gasteiger partial charge in [0, 0.05) is 37.3 Å². The number of anilines is 2. The standard InChI is InChI=1S/C19H20N4O3/c1-12(24)22-14-7-5-13(6-8-14)15-3-2-4-16(19(15)25)17-11-18(23-26-17)21-10-9-20/h2-8,11,25H,9-10,20H2,1H3,(H,21,23)(H,22,24). The van der Waals surface area contributed by atoms with E-state index in [1.165, 1.54) is 6.92 Å². The molecule has 5 N–H and O–H groups in total. The molecule has 0 unspecified atom stereocenters. The number of phenolic OH excluding ortho intramolecular Hbond substituents is 1. The summed E-state index contributed by atoms with van der Waals surface area (Å²) in [5, 5.41) is 20.4. The number of nitrogens with one attached hydrogen (secondary N) is 2. The largest absolute Gasteiger partial charge is 0.507 e. The maximum atomic E-state index is 11.1. The third-order valence-corrected chi connectivity index (χ3v) is 3.78. The van der Waals surface area contributed by atoms with Crippen molar-refractivity contribution in [2.45, 2.75) is 6.92 Å². The fraction of sp³-hybridized carbons (Fsp3) is 0.158. The quantitative estimate of drug-likeness (QED) is 0.542. The highest BCUT2D eigenvalue weighted by atomic mass is 16.5. The highest BCUT2D eigenvalue weighted by Gasteiger charge is 2.15. The number of carbonyl (C=O) groups excluding carboxylic acids is 1. The molecule has 0 fully saturated rings. The summed E-state index contributed by atoms with van der Waals surface area (Å²) in [6, 6.07) is 14.4. The van der Waals surface area contributed by atoms with Crippen LogP contribution in [0.1, 0.15) is 6.92 Å². The van der Waals surface area contributed by atoms with Gasteiger partial charge in [-0.3, -0.25) is 4.79 Å². The van der Waals surface area contributed by atoms with E-state index in [1.807, 2.05) is 24.3 Å². The second kappa shape index (κ2) is 7.71. The lowest BCUT2D eigenvalue weighted by atomic mass is 10.00. The van der Waals surface area contributed by atoms with Crippen molar-refractivity contribution in [3.63, 3.8) is 0 Å². The molecular weight excluding hydrogens is 332 g/mol. The minimum atomic E-state index is -0.132. The number of para-hydroxylation sites is 1. The van der Waals surface area contributed by atoms with Gasteiger partial charge in [0.2, 0.25) is 5.91 Å². The summed E-state index contributed by atoms with van der Waals surface area (Å²) in [6.07, 6.45) is 0. The summed E-state index contributed by atoms with van der Waals surface area (Å²) >= 11 is 0. The average molecular weight is 352 g/mol. The van der Waals surface area contributed by atoms with E-state index >= 15 is 0 Å². The van der Waals surface area contributed by atoms with Gasteiger partial charge in [0.1, 0.15) is 5.75 Å². The van der Waals surface area contributed by atoms with Crippen LogP contribution in [0.15, 0.2) is 53.1 Å². The number of aromatic nitrogens is 1. The minimum absolute atomic E-state index is 0.0984. The Morgan fingerprint density at radius 3 is 2.62 bits per heavy atom. The summed E-state index contributed by atoms with van der Waals surface area (Å²) in [4.78, 5) is 11.1. The Labute approximate surface area is 150 Å². The van der Waals surface area contributed by atoms with E-state index < -0.39 is 0 Å². The molecule has 1 aromatic heterocycles. The van der Waals surface area contributed by atoms with Gasteiger partial charge < -0.3 is 26.0 Å². The molecule has 7 heteroatoms. The van der Waals surface area contributed by atoms with Crippen LogP contribution in [0.3, 0.4) is 0 Å². The van der Waals surface area contributed by atoms with Crippen LogP contribution in [0, 0.1) is 0 Å². The highest BCUT2D eigenvalue weighted by Crippen LogP contribution is 2.38. The second-order valence-corrected chi connectivity index (χ2v) is 5.75. The predicted octanol–water partition coefficient (Wildman–Crippen LogP) is 3.04. The van der Waals surface area contributed by atoms with Crippen LogP contribution in [-0.2, 0) is 4.79 Å². The van der Waals surface area contributed by atoms with E-state index in [1.54, 1.807) is 24.3 Å². The lowest BCUT2D eigenvalue weighted by Crippen LogP contribution is -2.13. The van der Waals surface area contributed by atoms with E-state index in [0.29, 0.717) is 41.5 Å². The first-order valence-corrected chi connectivity index (χ1v) is 8.19. The maximum Gasteiger partial charge on any atom is 0.221 e. The smallest absolute Gasteiger partial charge is 0.221 e. The normalized spacial score (nSPS) is 10.5. The molecule has 0 spiro atoms. The molecule has 0 saturated heterocycles. The lowest BCUT2D eigenvalue weighted by molar-refractivity contribution is -0.114. The Kier molecular flexibility index (Phi) is 5.19. The molecule has 7 nitrogen and oxygen atoms in total. The molecule has 0 saturated carbocycles. The van der Waals surface area contributed by atoms with Crippen molar-refractivity contribution in [1.82, 2.24) is 5.16 Å². The van der Waals surface area contributed by atoms with Gasteiger partial charge in [-0.2, -0.15) is 0 Å². The zero-order valence-corrected chi connectivity index (χ0v) is 14.3. The van der Waals surface area contributed by atoms with Gasteiger partial charge in [-0.05, 0) is 23.8 Å². The molecule has 134 valence electrons. The van der Waals surface area contributed by atoms with Gasteiger partial charge >= 0.3 is 0 Å². The Morgan fingerprint density at radius 2 is 1.92 bits per heavy atom. The van der Waals surface area contributed by atoms with Crippen LogP contribution in [0.25, 0.3) is 22.5 Å². The van der Waals surface area contributed by atoms with Crippen molar-refractivity contribution in [2.75, 3.05) is 23.7 Å². The van der Waals surface area contributed by atoms with Crippen LogP contribution >= 0.6 is 0 Å². The molecular formula is C19H20N4O3. The zero-order valence-electron chi connectivity index (χ0n) is 14.3. The third kappa shape index (κ3) is 3.84. The molecule has 0 aliphatic carbocycles. The monoisotopic (exact) mass is 352 g/mol. The molecule has 0 aliphatic heterocycles. The number of carbonyl (C=O) groups is 1. The summed E-state index contributed by atoms with van der Waals surface area (Å²) in [5.41, 5.74) is 8.17. The average Bonchev–Trinajstić information content (AvgIpc) is 3.09. The van der Waals surface area contributed by atoms with Crippen LogP contribution in [0.5, 0.6) is 5.75 Å². The Bertz CT molecular complexity index is 903. The summed E-state index contributed by atoms with van der Waals surface area (Å²) in [6.45, 7) is 2.52. The maximum absolute atomic E-state index is 11.1. The van der Waals surface area contributed by atoms with Crippen molar-refractivity contribution in [2.24, 2.45) is 5.73 Å². The van der Waals surface area contributed by atoms with Gasteiger partial charge in [-0.25, -0.2) is 0 Å².